The second-order valence-corrected chi connectivity index (χ2v) is 2.35. The van der Waals surface area contributed by atoms with Crippen LogP contribution in [0.5, 0.6) is 0 Å². The first-order chi connectivity index (χ1) is 4.83. The van der Waals surface area contributed by atoms with Gasteiger partial charge in [-0.1, -0.05) is 46.0 Å². The van der Waals surface area contributed by atoms with Gasteiger partial charge in [-0.2, -0.15) is 0 Å². The zero-order valence-corrected chi connectivity index (χ0v) is 8.53. The van der Waals surface area contributed by atoms with Gasteiger partial charge in [-0.05, 0) is 0 Å². The first-order valence-electron chi connectivity index (χ1n) is 4.23. The monoisotopic (exact) mass is 148 g/mol. The maximum Gasteiger partial charge on any atom is 1.00 e. The van der Waals surface area contributed by atoms with E-state index in [9.17, 15) is 0 Å². The Morgan fingerprint density at radius 1 is 1.09 bits per heavy atom. The quantitative estimate of drug-likeness (QED) is 0.317. The van der Waals surface area contributed by atoms with Crippen molar-refractivity contribution in [2.75, 3.05) is 0 Å². The largest absolute Gasteiger partial charge is 1.00 e. The van der Waals surface area contributed by atoms with Gasteiger partial charge in [0.25, 0.3) is 0 Å². The van der Waals surface area contributed by atoms with E-state index in [1.54, 1.807) is 0 Å². The van der Waals surface area contributed by atoms with Crippen LogP contribution in [0.2, 0.25) is 0 Å². The average molecular weight is 148 g/mol. The predicted molar refractivity (Wildman–Crippen MR) is 50.0 cm³/mol. The maximum absolute atomic E-state index is 3.25. The molecule has 0 aromatic rings. The minimum Gasteiger partial charge on any atom is -0.245 e. The molecule has 0 radical (unpaired) electrons. The molecule has 0 spiro atoms. The number of hydrogen-bond acceptors (Lipinski definition) is 0. The summed E-state index contributed by atoms with van der Waals surface area (Å²) in [6.07, 6.45) is 8.51. The molecule has 0 bridgehead atoms. The van der Waals surface area contributed by atoms with Gasteiger partial charge in [0, 0.05) is 0 Å². The summed E-state index contributed by atoms with van der Waals surface area (Å²) in [7, 11) is 0. The van der Waals surface area contributed by atoms with Gasteiger partial charge >= 0.3 is 18.9 Å². The van der Waals surface area contributed by atoms with E-state index >= 15 is 0 Å². The predicted octanol–water partition coefficient (Wildman–Crippen LogP) is 0.987. The normalized spacial score (nSPS) is 7.09. The van der Waals surface area contributed by atoms with Crippen molar-refractivity contribution in [3.05, 3.63) is 19.6 Å². The summed E-state index contributed by atoms with van der Waals surface area (Å²) in [6.45, 7) is 11.0. The van der Waals surface area contributed by atoms with Crippen molar-refractivity contribution in [1.82, 2.24) is 0 Å². The summed E-state index contributed by atoms with van der Waals surface area (Å²) in [5.41, 5.74) is 0. The van der Waals surface area contributed by atoms with Crippen LogP contribution in [0.4, 0.5) is 0 Å². The van der Waals surface area contributed by atoms with Gasteiger partial charge < -0.3 is 0 Å². The van der Waals surface area contributed by atoms with E-state index in [0.717, 1.165) is 0 Å². The van der Waals surface area contributed by atoms with Crippen LogP contribution in [0.15, 0.2) is 12.7 Å². The van der Waals surface area contributed by atoms with Crippen molar-refractivity contribution in [2.24, 2.45) is 0 Å². The minimum absolute atomic E-state index is 0. The Labute approximate surface area is 84.6 Å². The van der Waals surface area contributed by atoms with Gasteiger partial charge in [-0.15, -0.1) is 0 Å². The Morgan fingerprint density at radius 2 is 1.36 bits per heavy atom. The third kappa shape index (κ3) is 38.8. The van der Waals surface area contributed by atoms with Crippen LogP contribution in [0, 0.1) is 6.92 Å². The van der Waals surface area contributed by atoms with Gasteiger partial charge in [0.1, 0.15) is 0 Å². The second kappa shape index (κ2) is 22.5. The number of unbranched alkanes of at least 4 members (excludes halogenated alkanes) is 4. The topological polar surface area (TPSA) is 0 Å². The van der Waals surface area contributed by atoms with Crippen molar-refractivity contribution in [1.29, 1.82) is 0 Å². The zero-order chi connectivity index (χ0) is 8.24. The molecule has 0 aliphatic heterocycles. The second-order valence-electron chi connectivity index (χ2n) is 2.35. The minimum atomic E-state index is 0. The van der Waals surface area contributed by atoms with Gasteiger partial charge in [-0.3, -0.25) is 0 Å². The Kier molecular flexibility index (Phi) is 35.4. The van der Waals surface area contributed by atoms with Crippen molar-refractivity contribution < 1.29 is 18.9 Å². The molecule has 0 N–H and O–H groups in total. The van der Waals surface area contributed by atoms with E-state index in [2.05, 4.69) is 27.4 Å². The third-order valence-corrected chi connectivity index (χ3v) is 1.21. The van der Waals surface area contributed by atoms with Crippen molar-refractivity contribution >= 4 is 0 Å². The van der Waals surface area contributed by atoms with E-state index < -0.39 is 0 Å². The molecule has 0 nitrogen and oxygen atoms in total. The zero-order valence-electron chi connectivity index (χ0n) is 8.53. The summed E-state index contributed by atoms with van der Waals surface area (Å²) < 4.78 is 0. The first kappa shape index (κ1) is 17.3. The smallest absolute Gasteiger partial charge is 0.245 e. The molecule has 0 saturated carbocycles. The van der Waals surface area contributed by atoms with Crippen LogP contribution in [-0.2, 0) is 0 Å². The Hall–Kier alpha value is 0.207. The van der Waals surface area contributed by atoms with E-state index in [-0.39, 0.29) is 18.9 Å². The van der Waals surface area contributed by atoms with Crippen LogP contribution in [0.3, 0.4) is 0 Å². The van der Waals surface area contributed by atoms with Crippen molar-refractivity contribution in [3.8, 4) is 0 Å². The third-order valence-electron chi connectivity index (χ3n) is 1.21. The Morgan fingerprint density at radius 3 is 1.55 bits per heavy atom. The molecule has 0 aromatic heterocycles. The molecule has 0 atom stereocenters. The molecule has 0 heterocycles. The van der Waals surface area contributed by atoms with Crippen LogP contribution in [-0.4, -0.2) is 0 Å². The molecule has 0 rings (SSSR count). The first-order valence-corrected chi connectivity index (χ1v) is 4.23. The van der Waals surface area contributed by atoms with E-state index in [1.807, 2.05) is 0 Å². The molecule has 0 aromatic carbocycles. The Bertz CT molecular complexity index is 46.8. The van der Waals surface area contributed by atoms with Gasteiger partial charge in [-0.25, -0.2) is 19.6 Å². The van der Waals surface area contributed by atoms with Crippen LogP contribution in [0.1, 0.15) is 46.0 Å². The summed E-state index contributed by atoms with van der Waals surface area (Å²) >= 11 is 0. The van der Waals surface area contributed by atoms with E-state index in [4.69, 9.17) is 0 Å². The van der Waals surface area contributed by atoms with Gasteiger partial charge in [0.15, 0.2) is 0 Å². The summed E-state index contributed by atoms with van der Waals surface area (Å²) in [4.78, 5) is 0. The molecule has 0 saturated heterocycles. The number of allylic oxidation sites excluding steroid dienone is 1. The maximum atomic E-state index is 3.25. The molecule has 0 unspecified atom stereocenters. The number of hydrogen-bond donors (Lipinski definition) is 0. The molecular formula is C10H21Li. The van der Waals surface area contributed by atoms with Gasteiger partial charge in [0.05, 0.1) is 0 Å². The summed E-state index contributed by atoms with van der Waals surface area (Å²) in [5.74, 6) is 0. The summed E-state index contributed by atoms with van der Waals surface area (Å²) in [5, 5.41) is 0. The van der Waals surface area contributed by atoms with Crippen molar-refractivity contribution in [2.45, 2.75) is 46.0 Å². The van der Waals surface area contributed by atoms with Crippen LogP contribution in [0.25, 0.3) is 0 Å². The average Bonchev–Trinajstić information content (AvgIpc) is 1.91. The number of rotatable bonds is 4. The molecule has 11 heavy (non-hydrogen) atoms. The van der Waals surface area contributed by atoms with Crippen molar-refractivity contribution in [3.63, 3.8) is 0 Å². The molecule has 1 heteroatoms. The SMILES string of the molecule is C=C[CH2-].CCCCCCC.[Li+]. The fourth-order valence-corrected chi connectivity index (χ4v) is 0.677. The van der Waals surface area contributed by atoms with Crippen LogP contribution >= 0.6 is 0 Å². The van der Waals surface area contributed by atoms with E-state index in [0.29, 0.717) is 0 Å². The molecule has 62 valence electrons. The van der Waals surface area contributed by atoms with Gasteiger partial charge in [0.2, 0.25) is 0 Å². The summed E-state index contributed by atoms with van der Waals surface area (Å²) in [6, 6.07) is 0. The molecule has 0 aliphatic carbocycles. The molecular weight excluding hydrogens is 127 g/mol. The standard InChI is InChI=1S/C7H16.C3H5.Li/c1-3-5-7-6-4-2;1-3-2;/h3-7H2,1-2H3;3H,1-2H2;/q;-1;+1. The Balaban J connectivity index is -0.000000140. The molecule has 0 aliphatic rings. The molecule has 0 amide bonds. The van der Waals surface area contributed by atoms with Crippen LogP contribution < -0.4 is 18.9 Å². The van der Waals surface area contributed by atoms with E-state index in [1.165, 1.54) is 38.2 Å². The fourth-order valence-electron chi connectivity index (χ4n) is 0.677. The fraction of sp³-hybridized carbons (Fsp3) is 0.700. The molecule has 0 fully saturated rings.